The molecule has 0 spiro atoms. The Kier molecular flexibility index (Phi) is 4.52. The van der Waals surface area contributed by atoms with E-state index in [-0.39, 0.29) is 17.3 Å². The number of nitrogens with zero attached hydrogens (tertiary/aromatic N) is 4. The van der Waals surface area contributed by atoms with E-state index >= 15 is 0 Å². The molecule has 1 N–H and O–H groups in total. The van der Waals surface area contributed by atoms with E-state index in [9.17, 15) is 9.18 Å². The van der Waals surface area contributed by atoms with Crippen LogP contribution in [0.5, 0.6) is 0 Å². The molecule has 0 aliphatic carbocycles. The number of benzene rings is 2. The highest BCUT2D eigenvalue weighted by molar-refractivity contribution is 6.30. The number of anilines is 1. The summed E-state index contributed by atoms with van der Waals surface area (Å²) in [6.07, 6.45) is 0. The second-order valence-electron chi connectivity index (χ2n) is 5.13. The normalized spacial score (nSPS) is 10.6. The standard InChI is InChI=1S/C16H13ClFN5O/c1-10-4-2-3-5-12(10)16-20-22-23(21-16)9-15(24)19-14-7-6-11(17)8-13(14)18/h2-8H,9H2,1H3,(H,19,24). The van der Waals surface area contributed by atoms with E-state index in [1.165, 1.54) is 12.1 Å². The molecule has 0 unspecified atom stereocenters. The minimum atomic E-state index is -0.608. The van der Waals surface area contributed by atoms with Crippen LogP contribution in [0.1, 0.15) is 5.56 Å². The van der Waals surface area contributed by atoms with Crippen LogP contribution in [0.2, 0.25) is 5.02 Å². The Labute approximate surface area is 142 Å². The van der Waals surface area contributed by atoms with Gasteiger partial charge in [0.1, 0.15) is 12.4 Å². The number of carbonyl (C=O) groups excluding carboxylic acids is 1. The first-order valence-corrected chi connectivity index (χ1v) is 7.49. The molecule has 8 heteroatoms. The van der Waals surface area contributed by atoms with E-state index in [1.807, 2.05) is 31.2 Å². The van der Waals surface area contributed by atoms with Crippen LogP contribution in [-0.2, 0) is 11.3 Å². The van der Waals surface area contributed by atoms with Crippen molar-refractivity contribution >= 4 is 23.2 Å². The van der Waals surface area contributed by atoms with Crippen LogP contribution in [0.25, 0.3) is 11.4 Å². The van der Waals surface area contributed by atoms with Crippen molar-refractivity contribution in [1.29, 1.82) is 0 Å². The van der Waals surface area contributed by atoms with E-state index < -0.39 is 11.7 Å². The van der Waals surface area contributed by atoms with Crippen LogP contribution < -0.4 is 5.32 Å². The maximum Gasteiger partial charge on any atom is 0.248 e. The lowest BCUT2D eigenvalue weighted by atomic mass is 10.1. The second-order valence-corrected chi connectivity index (χ2v) is 5.57. The maximum atomic E-state index is 13.7. The molecule has 0 radical (unpaired) electrons. The third-order valence-electron chi connectivity index (χ3n) is 3.33. The molecule has 122 valence electrons. The third-order valence-corrected chi connectivity index (χ3v) is 3.56. The summed E-state index contributed by atoms with van der Waals surface area (Å²) in [4.78, 5) is 13.2. The van der Waals surface area contributed by atoms with Crippen molar-refractivity contribution in [3.63, 3.8) is 0 Å². The Balaban J connectivity index is 1.70. The van der Waals surface area contributed by atoms with Crippen molar-refractivity contribution in [2.24, 2.45) is 0 Å². The number of carbonyl (C=O) groups is 1. The average molecular weight is 346 g/mol. The minimum absolute atomic E-state index is 0.0450. The highest BCUT2D eigenvalue weighted by atomic mass is 35.5. The topological polar surface area (TPSA) is 72.7 Å². The van der Waals surface area contributed by atoms with Crippen LogP contribution in [0.15, 0.2) is 42.5 Å². The number of aryl methyl sites for hydroxylation is 1. The summed E-state index contributed by atoms with van der Waals surface area (Å²) < 4.78 is 13.7. The molecule has 2 aromatic carbocycles. The number of hydrogen-bond acceptors (Lipinski definition) is 4. The molecule has 1 heterocycles. The third kappa shape index (κ3) is 3.57. The van der Waals surface area contributed by atoms with Gasteiger partial charge in [-0.3, -0.25) is 4.79 Å². The number of nitrogens with one attached hydrogen (secondary N) is 1. The molecule has 1 amide bonds. The van der Waals surface area contributed by atoms with Crippen LogP contribution >= 0.6 is 11.6 Å². The summed E-state index contributed by atoms with van der Waals surface area (Å²) in [6.45, 7) is 1.76. The van der Waals surface area contributed by atoms with Crippen LogP contribution in [0, 0.1) is 12.7 Å². The smallest absolute Gasteiger partial charge is 0.248 e. The first kappa shape index (κ1) is 16.1. The SMILES string of the molecule is Cc1ccccc1-c1nnn(CC(=O)Nc2ccc(Cl)cc2F)n1. The number of rotatable bonds is 4. The summed E-state index contributed by atoms with van der Waals surface area (Å²) in [5, 5.41) is 14.7. The van der Waals surface area contributed by atoms with Crippen molar-refractivity contribution in [1.82, 2.24) is 20.2 Å². The number of aromatic nitrogens is 4. The number of halogens is 2. The minimum Gasteiger partial charge on any atom is -0.322 e. The lowest BCUT2D eigenvalue weighted by Gasteiger charge is -2.05. The summed E-state index contributed by atoms with van der Waals surface area (Å²) in [5.41, 5.74) is 1.89. The Morgan fingerprint density at radius 1 is 1.29 bits per heavy atom. The van der Waals surface area contributed by atoms with Gasteiger partial charge in [-0.25, -0.2) is 4.39 Å². The molecule has 6 nitrogen and oxygen atoms in total. The van der Waals surface area contributed by atoms with Gasteiger partial charge in [-0.15, -0.1) is 10.2 Å². The molecular weight excluding hydrogens is 333 g/mol. The summed E-state index contributed by atoms with van der Waals surface area (Å²) in [6, 6.07) is 11.6. The van der Waals surface area contributed by atoms with Crippen LogP contribution in [0.4, 0.5) is 10.1 Å². The fraction of sp³-hybridized carbons (Fsp3) is 0.125. The fourth-order valence-electron chi connectivity index (χ4n) is 2.15. The fourth-order valence-corrected chi connectivity index (χ4v) is 2.31. The Bertz CT molecular complexity index is 896. The second kappa shape index (κ2) is 6.76. The van der Waals surface area contributed by atoms with Crippen molar-refractivity contribution in [2.45, 2.75) is 13.5 Å². The van der Waals surface area contributed by atoms with Gasteiger partial charge in [0, 0.05) is 10.6 Å². The summed E-state index contributed by atoms with van der Waals surface area (Å²) in [7, 11) is 0. The van der Waals surface area contributed by atoms with Gasteiger partial charge >= 0.3 is 0 Å². The van der Waals surface area contributed by atoms with Gasteiger partial charge in [-0.05, 0) is 35.9 Å². The average Bonchev–Trinajstić information content (AvgIpc) is 2.99. The Hall–Kier alpha value is -2.80. The summed E-state index contributed by atoms with van der Waals surface area (Å²) in [5.74, 6) is -0.647. The molecule has 0 fully saturated rings. The van der Waals surface area contributed by atoms with E-state index in [0.717, 1.165) is 22.0 Å². The zero-order valence-corrected chi connectivity index (χ0v) is 13.5. The van der Waals surface area contributed by atoms with Gasteiger partial charge in [0.2, 0.25) is 11.7 Å². The van der Waals surface area contributed by atoms with Crippen molar-refractivity contribution in [3.05, 3.63) is 58.9 Å². The van der Waals surface area contributed by atoms with Crippen molar-refractivity contribution in [3.8, 4) is 11.4 Å². The van der Waals surface area contributed by atoms with E-state index in [1.54, 1.807) is 0 Å². The first-order chi connectivity index (χ1) is 11.5. The molecule has 0 atom stereocenters. The quantitative estimate of drug-likeness (QED) is 0.788. The molecule has 24 heavy (non-hydrogen) atoms. The van der Waals surface area contributed by atoms with Crippen molar-refractivity contribution in [2.75, 3.05) is 5.32 Å². The maximum absolute atomic E-state index is 13.7. The molecule has 0 saturated heterocycles. The zero-order valence-electron chi connectivity index (χ0n) is 12.7. The lowest BCUT2D eigenvalue weighted by Crippen LogP contribution is -2.21. The summed E-state index contributed by atoms with van der Waals surface area (Å²) >= 11 is 5.67. The van der Waals surface area contributed by atoms with E-state index in [4.69, 9.17) is 11.6 Å². The van der Waals surface area contributed by atoms with Crippen LogP contribution in [-0.4, -0.2) is 26.1 Å². The monoisotopic (exact) mass is 345 g/mol. The lowest BCUT2D eigenvalue weighted by molar-refractivity contribution is -0.117. The molecule has 3 aromatic rings. The van der Waals surface area contributed by atoms with E-state index in [2.05, 4.69) is 20.7 Å². The van der Waals surface area contributed by atoms with Gasteiger partial charge < -0.3 is 5.32 Å². The molecule has 3 rings (SSSR count). The predicted octanol–water partition coefficient (Wildman–Crippen LogP) is 3.08. The highest BCUT2D eigenvalue weighted by Gasteiger charge is 2.12. The number of amides is 1. The zero-order chi connectivity index (χ0) is 17.1. The Morgan fingerprint density at radius 2 is 2.08 bits per heavy atom. The van der Waals surface area contributed by atoms with Crippen LogP contribution in [0.3, 0.4) is 0 Å². The van der Waals surface area contributed by atoms with Gasteiger partial charge in [0.15, 0.2) is 0 Å². The van der Waals surface area contributed by atoms with Gasteiger partial charge in [-0.2, -0.15) is 4.80 Å². The molecule has 0 aliphatic heterocycles. The van der Waals surface area contributed by atoms with Gasteiger partial charge in [0.25, 0.3) is 0 Å². The number of hydrogen-bond donors (Lipinski definition) is 1. The largest absolute Gasteiger partial charge is 0.322 e. The van der Waals surface area contributed by atoms with Gasteiger partial charge in [-0.1, -0.05) is 35.9 Å². The molecule has 0 aliphatic rings. The molecular formula is C16H13ClFN5O. The molecule has 0 bridgehead atoms. The first-order valence-electron chi connectivity index (χ1n) is 7.11. The van der Waals surface area contributed by atoms with Crippen molar-refractivity contribution < 1.29 is 9.18 Å². The highest BCUT2D eigenvalue weighted by Crippen LogP contribution is 2.19. The van der Waals surface area contributed by atoms with Gasteiger partial charge in [0.05, 0.1) is 5.69 Å². The number of tetrazole rings is 1. The molecule has 1 aromatic heterocycles. The Morgan fingerprint density at radius 3 is 2.83 bits per heavy atom. The predicted molar refractivity (Wildman–Crippen MR) is 88.0 cm³/mol. The molecule has 0 saturated carbocycles. The van der Waals surface area contributed by atoms with E-state index in [0.29, 0.717) is 5.82 Å².